The average Bonchev–Trinajstić information content (AvgIpc) is 3.14. The number of nitrogens with zero attached hydrogens (tertiary/aromatic N) is 1. The van der Waals surface area contributed by atoms with Gasteiger partial charge in [-0.25, -0.2) is 14.2 Å². The van der Waals surface area contributed by atoms with Gasteiger partial charge in [-0.05, 0) is 85.3 Å². The average molecular weight is 573 g/mol. The van der Waals surface area contributed by atoms with Crippen molar-refractivity contribution in [2.24, 2.45) is 4.99 Å². The summed E-state index contributed by atoms with van der Waals surface area (Å²) < 4.78 is 26.4. The zero-order chi connectivity index (χ0) is 23.5. The summed E-state index contributed by atoms with van der Waals surface area (Å²) >= 11 is 6.98. The van der Waals surface area contributed by atoms with Gasteiger partial charge in [-0.3, -0.25) is 0 Å². The molecule has 0 aromatic heterocycles. The molecule has 3 aromatic rings. The molecule has 4 nitrogen and oxygen atoms in total. The van der Waals surface area contributed by atoms with Gasteiger partial charge in [0, 0.05) is 11.1 Å². The molecule has 1 aliphatic heterocycles. The second-order valence-electron chi connectivity index (χ2n) is 7.81. The normalized spacial score (nSPS) is 14.5. The van der Waals surface area contributed by atoms with Crippen molar-refractivity contribution < 1.29 is 18.7 Å². The molecule has 0 unspecified atom stereocenters. The van der Waals surface area contributed by atoms with Crippen LogP contribution in [0.25, 0.3) is 6.08 Å². The van der Waals surface area contributed by atoms with Gasteiger partial charge in [-0.2, -0.15) is 0 Å². The number of halogens is 3. The molecule has 0 saturated carbocycles. The van der Waals surface area contributed by atoms with Crippen LogP contribution in [-0.4, -0.2) is 11.9 Å². The highest BCUT2D eigenvalue weighted by Crippen LogP contribution is 2.36. The monoisotopic (exact) mass is 571 g/mol. The minimum atomic E-state index is -0.509. The molecule has 0 N–H and O–H groups in total. The molecule has 0 aliphatic carbocycles. The Morgan fingerprint density at radius 3 is 2.36 bits per heavy atom. The van der Waals surface area contributed by atoms with E-state index in [1.165, 1.54) is 11.6 Å². The summed E-state index contributed by atoms with van der Waals surface area (Å²) in [6, 6.07) is 17.9. The second kappa shape index (κ2) is 10.0. The molecular weight excluding hydrogens is 553 g/mol. The molecule has 0 radical (unpaired) electrons. The Kier molecular flexibility index (Phi) is 7.10. The maximum Gasteiger partial charge on any atom is 0.363 e. The molecule has 7 heteroatoms. The summed E-state index contributed by atoms with van der Waals surface area (Å²) in [5, 5.41) is 0. The fourth-order valence-electron chi connectivity index (χ4n) is 3.27. The van der Waals surface area contributed by atoms with E-state index in [0.717, 1.165) is 11.1 Å². The van der Waals surface area contributed by atoms with Crippen molar-refractivity contribution in [2.75, 3.05) is 0 Å². The number of aliphatic imine (C=N–C) groups is 1. The van der Waals surface area contributed by atoms with E-state index in [1.807, 2.05) is 24.3 Å². The van der Waals surface area contributed by atoms with Crippen molar-refractivity contribution in [3.8, 4) is 5.75 Å². The summed E-state index contributed by atoms with van der Waals surface area (Å²) in [4.78, 5) is 16.8. The Morgan fingerprint density at radius 1 is 1.06 bits per heavy atom. The Balaban J connectivity index is 1.54. The van der Waals surface area contributed by atoms with Crippen molar-refractivity contribution in [1.29, 1.82) is 0 Å². The lowest BCUT2D eigenvalue weighted by Gasteiger charge is -2.12. The molecule has 0 saturated heterocycles. The molecule has 0 bridgehead atoms. The van der Waals surface area contributed by atoms with Crippen LogP contribution in [0, 0.1) is 5.82 Å². The third kappa shape index (κ3) is 5.42. The minimum Gasteiger partial charge on any atom is -0.486 e. The highest BCUT2D eigenvalue weighted by molar-refractivity contribution is 9.11. The van der Waals surface area contributed by atoms with Gasteiger partial charge < -0.3 is 9.47 Å². The lowest BCUT2D eigenvalue weighted by Crippen LogP contribution is -2.05. The fourth-order valence-corrected chi connectivity index (χ4v) is 4.72. The van der Waals surface area contributed by atoms with Crippen molar-refractivity contribution in [1.82, 2.24) is 0 Å². The van der Waals surface area contributed by atoms with E-state index in [1.54, 1.807) is 36.4 Å². The maximum absolute atomic E-state index is 13.9. The molecule has 0 amide bonds. The number of esters is 1. The molecule has 168 valence electrons. The minimum absolute atomic E-state index is 0.0832. The van der Waals surface area contributed by atoms with Crippen molar-refractivity contribution in [3.05, 3.63) is 103 Å². The van der Waals surface area contributed by atoms with Crippen LogP contribution in [0.1, 0.15) is 42.0 Å². The zero-order valence-corrected chi connectivity index (χ0v) is 21.1. The SMILES string of the molecule is CC(C)c1ccc(C2=N/C(=C\c3cc(Br)c(OCc4ccccc4F)c(Br)c3)C(=O)O2)cc1. The Bertz CT molecular complexity index is 1240. The van der Waals surface area contributed by atoms with Crippen molar-refractivity contribution in [2.45, 2.75) is 26.4 Å². The zero-order valence-electron chi connectivity index (χ0n) is 17.9. The molecule has 3 aromatic carbocycles. The number of carbonyl (C=O) groups excluding carboxylic acids is 1. The van der Waals surface area contributed by atoms with E-state index in [2.05, 4.69) is 50.7 Å². The number of rotatable bonds is 6. The smallest absolute Gasteiger partial charge is 0.363 e. The topological polar surface area (TPSA) is 47.9 Å². The standard InChI is InChI=1S/C26H20Br2FNO3/c1-15(2)17-7-9-18(10-8-17)25-30-23(26(31)33-25)13-16-11-20(27)24(21(28)12-16)32-14-19-5-3-4-6-22(19)29/h3-13,15H,14H2,1-2H3/b23-13-. The molecule has 0 fully saturated rings. The summed E-state index contributed by atoms with van der Waals surface area (Å²) in [5.41, 5.74) is 3.33. The van der Waals surface area contributed by atoms with Crippen LogP contribution >= 0.6 is 31.9 Å². The van der Waals surface area contributed by atoms with Gasteiger partial charge in [0.15, 0.2) is 5.70 Å². The van der Waals surface area contributed by atoms with Crippen molar-refractivity contribution >= 4 is 49.8 Å². The quantitative estimate of drug-likeness (QED) is 0.228. The Labute approximate surface area is 208 Å². The molecule has 0 atom stereocenters. The number of benzene rings is 3. The summed E-state index contributed by atoms with van der Waals surface area (Å²) in [6.45, 7) is 4.32. The lowest BCUT2D eigenvalue weighted by molar-refractivity contribution is -0.129. The first-order chi connectivity index (χ1) is 15.8. The van der Waals surface area contributed by atoms with E-state index < -0.39 is 5.97 Å². The maximum atomic E-state index is 13.9. The lowest BCUT2D eigenvalue weighted by atomic mass is 10.0. The van der Waals surface area contributed by atoms with E-state index in [4.69, 9.17) is 9.47 Å². The summed E-state index contributed by atoms with van der Waals surface area (Å²) in [6.07, 6.45) is 1.65. The van der Waals surface area contributed by atoms with Gasteiger partial charge in [0.05, 0.1) is 8.95 Å². The molecule has 1 aliphatic rings. The van der Waals surface area contributed by atoms with Gasteiger partial charge in [0.25, 0.3) is 0 Å². The predicted molar refractivity (Wildman–Crippen MR) is 134 cm³/mol. The fraction of sp³-hybridized carbons (Fsp3) is 0.154. The molecule has 4 rings (SSSR count). The van der Waals surface area contributed by atoms with Gasteiger partial charge in [0.1, 0.15) is 18.2 Å². The number of ether oxygens (including phenoxy) is 2. The second-order valence-corrected chi connectivity index (χ2v) is 9.52. The predicted octanol–water partition coefficient (Wildman–Crippen LogP) is 7.40. The van der Waals surface area contributed by atoms with Crippen LogP contribution in [-0.2, 0) is 16.1 Å². The van der Waals surface area contributed by atoms with Gasteiger partial charge >= 0.3 is 5.97 Å². The van der Waals surface area contributed by atoms with Crippen LogP contribution in [0.4, 0.5) is 4.39 Å². The largest absolute Gasteiger partial charge is 0.486 e. The highest BCUT2D eigenvalue weighted by atomic mass is 79.9. The Hall–Kier alpha value is -2.77. The first-order valence-electron chi connectivity index (χ1n) is 10.3. The van der Waals surface area contributed by atoms with E-state index in [-0.39, 0.29) is 24.0 Å². The van der Waals surface area contributed by atoms with E-state index in [0.29, 0.717) is 26.2 Å². The molecule has 1 heterocycles. The number of hydrogen-bond acceptors (Lipinski definition) is 4. The third-order valence-corrected chi connectivity index (χ3v) is 6.28. The summed E-state index contributed by atoms with van der Waals surface area (Å²) in [7, 11) is 0. The summed E-state index contributed by atoms with van der Waals surface area (Å²) in [5.74, 6) is 0.398. The van der Waals surface area contributed by atoms with Gasteiger partial charge in [0.2, 0.25) is 5.90 Å². The molecule has 33 heavy (non-hydrogen) atoms. The Morgan fingerprint density at radius 2 is 1.73 bits per heavy atom. The van der Waals surface area contributed by atoms with Crippen molar-refractivity contribution in [3.63, 3.8) is 0 Å². The van der Waals surface area contributed by atoms with Crippen LogP contribution in [0.5, 0.6) is 5.75 Å². The van der Waals surface area contributed by atoms with E-state index >= 15 is 0 Å². The van der Waals surface area contributed by atoms with Crippen LogP contribution in [0.2, 0.25) is 0 Å². The van der Waals surface area contributed by atoms with E-state index in [9.17, 15) is 9.18 Å². The van der Waals surface area contributed by atoms with Crippen LogP contribution in [0.3, 0.4) is 0 Å². The third-order valence-electron chi connectivity index (χ3n) is 5.10. The number of cyclic esters (lactones) is 1. The number of carbonyl (C=O) groups is 1. The van der Waals surface area contributed by atoms with Crippen LogP contribution < -0.4 is 4.74 Å². The first kappa shape index (κ1) is 23.4. The van der Waals surface area contributed by atoms with Crippen LogP contribution in [0.15, 0.2) is 80.3 Å². The molecule has 0 spiro atoms. The highest BCUT2D eigenvalue weighted by Gasteiger charge is 2.24. The van der Waals surface area contributed by atoms with Gasteiger partial charge in [-0.15, -0.1) is 0 Å². The number of hydrogen-bond donors (Lipinski definition) is 0. The van der Waals surface area contributed by atoms with Gasteiger partial charge in [-0.1, -0.05) is 44.2 Å². The first-order valence-corrected chi connectivity index (χ1v) is 11.9. The molecular formula is C26H20Br2FNO3.